The zero-order valence-electron chi connectivity index (χ0n) is 13.9. The Balaban J connectivity index is 1.72. The summed E-state index contributed by atoms with van der Waals surface area (Å²) in [5.74, 6) is 0.0718. The van der Waals surface area contributed by atoms with E-state index in [4.69, 9.17) is 11.6 Å². The lowest BCUT2D eigenvalue weighted by molar-refractivity contribution is 0.0745. The fourth-order valence-electron chi connectivity index (χ4n) is 3.06. The van der Waals surface area contributed by atoms with E-state index in [1.54, 1.807) is 6.07 Å². The minimum absolute atomic E-state index is 0.0718. The third-order valence-corrected chi connectivity index (χ3v) is 5.82. The molecule has 0 radical (unpaired) electrons. The number of carbonyl (C=O) groups excluding carboxylic acids is 1. The van der Waals surface area contributed by atoms with Crippen LogP contribution in [0.3, 0.4) is 0 Å². The average Bonchev–Trinajstić information content (AvgIpc) is 2.59. The number of halogens is 2. The van der Waals surface area contributed by atoms with Crippen LogP contribution < -0.4 is 4.90 Å². The summed E-state index contributed by atoms with van der Waals surface area (Å²) in [6.07, 6.45) is 0. The maximum Gasteiger partial charge on any atom is 0.255 e. The van der Waals surface area contributed by atoms with E-state index < -0.39 is 0 Å². The lowest BCUT2D eigenvalue weighted by atomic mass is 10.1. The van der Waals surface area contributed by atoms with E-state index in [-0.39, 0.29) is 5.91 Å². The molecule has 1 amide bonds. The Hall–Kier alpha value is -1.27. The standard InChI is InChI=1S/C19H20ClIN2O/c1-13-4-3-5-18(14(13)2)22-8-10-23(11-9-22)19(24)16-12-15(20)6-7-17(16)21/h3-7,12H,8-11H2,1-2H3. The van der Waals surface area contributed by atoms with Crippen molar-refractivity contribution in [1.29, 1.82) is 0 Å². The zero-order valence-corrected chi connectivity index (χ0v) is 16.8. The summed E-state index contributed by atoms with van der Waals surface area (Å²) in [7, 11) is 0. The highest BCUT2D eigenvalue weighted by Crippen LogP contribution is 2.25. The molecule has 126 valence electrons. The number of nitrogens with zero attached hydrogens (tertiary/aromatic N) is 2. The van der Waals surface area contributed by atoms with Crippen molar-refractivity contribution in [3.05, 3.63) is 61.7 Å². The predicted octanol–water partition coefficient (Wildman–Crippen LogP) is 4.52. The fraction of sp³-hybridized carbons (Fsp3) is 0.316. The number of aryl methyl sites for hydroxylation is 1. The molecule has 1 saturated heterocycles. The normalized spacial score (nSPS) is 14.8. The van der Waals surface area contributed by atoms with Crippen LogP contribution in [0.5, 0.6) is 0 Å². The first kappa shape index (κ1) is 17.5. The SMILES string of the molecule is Cc1cccc(N2CCN(C(=O)c3cc(Cl)ccc3I)CC2)c1C. The molecule has 0 saturated carbocycles. The van der Waals surface area contributed by atoms with Gasteiger partial charge in [0.1, 0.15) is 0 Å². The summed E-state index contributed by atoms with van der Waals surface area (Å²) in [5, 5.41) is 0.604. The second kappa shape index (κ2) is 7.31. The van der Waals surface area contributed by atoms with Gasteiger partial charge in [0.15, 0.2) is 0 Å². The third kappa shape index (κ3) is 3.54. The summed E-state index contributed by atoms with van der Waals surface area (Å²) >= 11 is 8.25. The minimum atomic E-state index is 0.0718. The minimum Gasteiger partial charge on any atom is -0.368 e. The predicted molar refractivity (Wildman–Crippen MR) is 108 cm³/mol. The lowest BCUT2D eigenvalue weighted by Crippen LogP contribution is -2.49. The molecule has 24 heavy (non-hydrogen) atoms. The molecule has 3 rings (SSSR count). The number of amides is 1. The van der Waals surface area contributed by atoms with Crippen molar-refractivity contribution in [2.24, 2.45) is 0 Å². The number of piperazine rings is 1. The molecule has 0 aromatic heterocycles. The van der Waals surface area contributed by atoms with Crippen LogP contribution in [0.4, 0.5) is 5.69 Å². The Labute approximate surface area is 161 Å². The first-order chi connectivity index (χ1) is 11.5. The van der Waals surface area contributed by atoms with Crippen molar-refractivity contribution in [3.8, 4) is 0 Å². The Morgan fingerprint density at radius 3 is 2.50 bits per heavy atom. The largest absolute Gasteiger partial charge is 0.368 e. The fourth-order valence-corrected chi connectivity index (χ4v) is 3.80. The second-order valence-corrected chi connectivity index (χ2v) is 7.72. The van der Waals surface area contributed by atoms with Gasteiger partial charge < -0.3 is 9.80 Å². The van der Waals surface area contributed by atoms with E-state index in [0.29, 0.717) is 10.6 Å². The quantitative estimate of drug-likeness (QED) is 0.623. The van der Waals surface area contributed by atoms with Gasteiger partial charge in [0.2, 0.25) is 0 Å². The summed E-state index contributed by atoms with van der Waals surface area (Å²) in [6, 6.07) is 11.9. The van der Waals surface area contributed by atoms with Gasteiger partial charge in [-0.1, -0.05) is 23.7 Å². The Morgan fingerprint density at radius 1 is 1.08 bits per heavy atom. The Morgan fingerprint density at radius 2 is 1.79 bits per heavy atom. The highest BCUT2D eigenvalue weighted by atomic mass is 127. The first-order valence-electron chi connectivity index (χ1n) is 8.03. The van der Waals surface area contributed by atoms with Crippen LogP contribution >= 0.6 is 34.2 Å². The first-order valence-corrected chi connectivity index (χ1v) is 9.48. The van der Waals surface area contributed by atoms with Gasteiger partial charge in [0, 0.05) is 40.5 Å². The van der Waals surface area contributed by atoms with Crippen molar-refractivity contribution >= 4 is 45.8 Å². The number of hydrogen-bond acceptors (Lipinski definition) is 2. The molecule has 0 aliphatic carbocycles. The van der Waals surface area contributed by atoms with Gasteiger partial charge in [-0.25, -0.2) is 0 Å². The zero-order chi connectivity index (χ0) is 17.3. The van der Waals surface area contributed by atoms with E-state index in [2.05, 4.69) is 59.5 Å². The van der Waals surface area contributed by atoms with E-state index in [1.807, 2.05) is 17.0 Å². The number of rotatable bonds is 2. The van der Waals surface area contributed by atoms with Crippen LogP contribution in [0.25, 0.3) is 0 Å². The van der Waals surface area contributed by atoms with Crippen LogP contribution in [-0.2, 0) is 0 Å². The average molecular weight is 455 g/mol. The summed E-state index contributed by atoms with van der Waals surface area (Å²) in [4.78, 5) is 17.1. The monoisotopic (exact) mass is 454 g/mol. The molecular weight excluding hydrogens is 435 g/mol. The van der Waals surface area contributed by atoms with Gasteiger partial charge in [-0.05, 0) is 71.8 Å². The topological polar surface area (TPSA) is 23.6 Å². The highest BCUT2D eigenvalue weighted by molar-refractivity contribution is 14.1. The molecule has 0 N–H and O–H groups in total. The summed E-state index contributed by atoms with van der Waals surface area (Å²) < 4.78 is 0.943. The lowest BCUT2D eigenvalue weighted by Gasteiger charge is -2.37. The van der Waals surface area contributed by atoms with Crippen LogP contribution in [-0.4, -0.2) is 37.0 Å². The highest BCUT2D eigenvalue weighted by Gasteiger charge is 2.24. The Kier molecular flexibility index (Phi) is 5.35. The smallest absolute Gasteiger partial charge is 0.255 e. The van der Waals surface area contributed by atoms with Crippen molar-refractivity contribution in [1.82, 2.24) is 4.90 Å². The van der Waals surface area contributed by atoms with Gasteiger partial charge in [-0.15, -0.1) is 0 Å². The molecule has 1 heterocycles. The summed E-state index contributed by atoms with van der Waals surface area (Å²) in [5.41, 5.74) is 4.60. The Bertz CT molecular complexity index is 770. The van der Waals surface area contributed by atoms with Crippen LogP contribution in [0.2, 0.25) is 5.02 Å². The van der Waals surface area contributed by atoms with E-state index in [0.717, 1.165) is 29.7 Å². The van der Waals surface area contributed by atoms with E-state index in [9.17, 15) is 4.79 Å². The molecular formula is C19H20ClIN2O. The number of anilines is 1. The van der Waals surface area contributed by atoms with Crippen molar-refractivity contribution in [2.45, 2.75) is 13.8 Å². The van der Waals surface area contributed by atoms with Gasteiger partial charge >= 0.3 is 0 Å². The molecule has 1 fully saturated rings. The maximum absolute atomic E-state index is 12.8. The number of carbonyl (C=O) groups is 1. The maximum atomic E-state index is 12.8. The van der Waals surface area contributed by atoms with Gasteiger partial charge in [0.25, 0.3) is 5.91 Å². The summed E-state index contributed by atoms with van der Waals surface area (Å²) in [6.45, 7) is 7.47. The molecule has 1 aliphatic rings. The number of benzene rings is 2. The van der Waals surface area contributed by atoms with Crippen LogP contribution in [0.1, 0.15) is 21.5 Å². The van der Waals surface area contributed by atoms with E-state index >= 15 is 0 Å². The molecule has 1 aliphatic heterocycles. The van der Waals surface area contributed by atoms with Gasteiger partial charge in [-0.3, -0.25) is 4.79 Å². The van der Waals surface area contributed by atoms with Crippen LogP contribution in [0, 0.1) is 17.4 Å². The second-order valence-electron chi connectivity index (χ2n) is 6.12. The van der Waals surface area contributed by atoms with Crippen molar-refractivity contribution < 1.29 is 4.79 Å². The number of hydrogen-bond donors (Lipinski definition) is 0. The van der Waals surface area contributed by atoms with Crippen LogP contribution in [0.15, 0.2) is 36.4 Å². The molecule has 2 aromatic carbocycles. The van der Waals surface area contributed by atoms with E-state index in [1.165, 1.54) is 16.8 Å². The third-order valence-electron chi connectivity index (χ3n) is 4.64. The molecule has 3 nitrogen and oxygen atoms in total. The molecule has 0 unspecified atom stereocenters. The van der Waals surface area contributed by atoms with Gasteiger partial charge in [0.05, 0.1) is 5.56 Å². The molecule has 0 bridgehead atoms. The molecule has 0 spiro atoms. The van der Waals surface area contributed by atoms with Gasteiger partial charge in [-0.2, -0.15) is 0 Å². The molecule has 2 aromatic rings. The van der Waals surface area contributed by atoms with Crippen molar-refractivity contribution in [3.63, 3.8) is 0 Å². The molecule has 5 heteroatoms. The molecule has 0 atom stereocenters. The van der Waals surface area contributed by atoms with Crippen molar-refractivity contribution in [2.75, 3.05) is 31.1 Å².